The summed E-state index contributed by atoms with van der Waals surface area (Å²) in [5.74, 6) is -1.17. The molecule has 0 aromatic carbocycles. The quantitative estimate of drug-likeness (QED) is 0.407. The fraction of sp³-hybridized carbons (Fsp3) is 0.571. The van der Waals surface area contributed by atoms with Gasteiger partial charge >= 0.3 is 5.97 Å². The molecule has 0 aromatic heterocycles. The lowest BCUT2D eigenvalue weighted by Gasteiger charge is -2.10. The summed E-state index contributed by atoms with van der Waals surface area (Å²) in [7, 11) is 1.22. The molecule has 2 amide bonds. The molecule has 1 heterocycles. The molecule has 5 nitrogen and oxygen atoms in total. The Balaban J connectivity index is 2.56. The minimum Gasteiger partial charge on any atom is -0.468 e. The molecule has 0 aromatic rings. The second-order valence-corrected chi connectivity index (χ2v) is 2.45. The van der Waals surface area contributed by atoms with Gasteiger partial charge < -0.3 is 4.74 Å². The maximum Gasteiger partial charge on any atom is 0.325 e. The highest BCUT2D eigenvalue weighted by atomic mass is 16.5. The predicted molar refractivity (Wildman–Crippen MR) is 38.0 cm³/mol. The van der Waals surface area contributed by atoms with Gasteiger partial charge in [0.25, 0.3) is 0 Å². The Morgan fingerprint density at radius 3 is 2.33 bits per heavy atom. The van der Waals surface area contributed by atoms with Crippen LogP contribution in [0.1, 0.15) is 12.8 Å². The van der Waals surface area contributed by atoms with Crippen LogP contribution in [-0.2, 0) is 19.1 Å². The van der Waals surface area contributed by atoms with Gasteiger partial charge in [0.2, 0.25) is 11.8 Å². The van der Waals surface area contributed by atoms with Crippen LogP contribution in [0.5, 0.6) is 0 Å². The first kappa shape index (κ1) is 8.70. The van der Waals surface area contributed by atoms with E-state index < -0.39 is 5.97 Å². The van der Waals surface area contributed by atoms with Crippen molar-refractivity contribution in [2.24, 2.45) is 0 Å². The molecule has 12 heavy (non-hydrogen) atoms. The molecule has 1 aliphatic rings. The fourth-order valence-corrected chi connectivity index (χ4v) is 0.993. The first-order valence-electron chi connectivity index (χ1n) is 3.55. The van der Waals surface area contributed by atoms with Gasteiger partial charge in [0, 0.05) is 12.8 Å². The lowest BCUT2D eigenvalue weighted by Crippen LogP contribution is -2.34. The number of likely N-dealkylation sites (tertiary alicyclic amines) is 1. The van der Waals surface area contributed by atoms with Crippen LogP contribution >= 0.6 is 0 Å². The molecule has 0 saturated carbocycles. The Hall–Kier alpha value is -1.39. The number of esters is 1. The van der Waals surface area contributed by atoms with Crippen LogP contribution in [0.2, 0.25) is 0 Å². The van der Waals surface area contributed by atoms with E-state index in [1.165, 1.54) is 7.11 Å². The molecule has 1 aliphatic heterocycles. The summed E-state index contributed by atoms with van der Waals surface area (Å²) in [5, 5.41) is 0. The van der Waals surface area contributed by atoms with E-state index in [9.17, 15) is 14.4 Å². The van der Waals surface area contributed by atoms with E-state index >= 15 is 0 Å². The van der Waals surface area contributed by atoms with Gasteiger partial charge in [0.1, 0.15) is 6.54 Å². The maximum absolute atomic E-state index is 10.9. The van der Waals surface area contributed by atoms with Crippen LogP contribution in [0.4, 0.5) is 0 Å². The summed E-state index contributed by atoms with van der Waals surface area (Å²) in [6, 6.07) is 0. The normalized spacial score (nSPS) is 16.9. The first-order valence-corrected chi connectivity index (χ1v) is 3.55. The number of methoxy groups -OCH3 is 1. The van der Waals surface area contributed by atoms with E-state index in [4.69, 9.17) is 0 Å². The third kappa shape index (κ3) is 1.61. The van der Waals surface area contributed by atoms with Crippen molar-refractivity contribution in [2.45, 2.75) is 12.8 Å². The molecule has 0 radical (unpaired) electrons. The number of ether oxygens (including phenoxy) is 1. The second-order valence-electron chi connectivity index (χ2n) is 2.45. The summed E-state index contributed by atoms with van der Waals surface area (Å²) in [4.78, 5) is 33.5. The summed E-state index contributed by atoms with van der Waals surface area (Å²) in [6.45, 7) is -0.256. The van der Waals surface area contributed by atoms with E-state index in [2.05, 4.69) is 4.74 Å². The minimum absolute atomic E-state index is 0.204. The zero-order chi connectivity index (χ0) is 9.14. The molecule has 66 valence electrons. The lowest BCUT2D eigenvalue weighted by molar-refractivity contribution is -0.150. The Labute approximate surface area is 69.3 Å². The Kier molecular flexibility index (Phi) is 2.42. The summed E-state index contributed by atoms with van der Waals surface area (Å²) < 4.78 is 4.32. The standard InChI is InChI=1S/C7H9NO4/c1-12-7(11)4-8-5(9)2-3-6(8)10/h2-4H2,1H3. The number of nitrogens with zero attached hydrogens (tertiary/aromatic N) is 1. The molecule has 1 rings (SSSR count). The summed E-state index contributed by atoms with van der Waals surface area (Å²) >= 11 is 0. The maximum atomic E-state index is 10.9. The molecule has 0 spiro atoms. The van der Waals surface area contributed by atoms with Crippen LogP contribution in [0.3, 0.4) is 0 Å². The van der Waals surface area contributed by atoms with E-state index in [-0.39, 0.29) is 31.2 Å². The number of imide groups is 1. The largest absolute Gasteiger partial charge is 0.468 e. The van der Waals surface area contributed by atoms with Crippen molar-refractivity contribution in [3.05, 3.63) is 0 Å². The molecular formula is C7H9NO4. The van der Waals surface area contributed by atoms with Gasteiger partial charge in [-0.15, -0.1) is 0 Å². The summed E-state index contributed by atoms with van der Waals surface area (Å²) in [6.07, 6.45) is 0.408. The number of carbonyl (C=O) groups is 3. The SMILES string of the molecule is COC(=O)CN1C(=O)CCC1=O. The molecule has 0 aliphatic carbocycles. The van der Waals surface area contributed by atoms with Gasteiger partial charge in [0.05, 0.1) is 7.11 Å². The van der Waals surface area contributed by atoms with Crippen LogP contribution in [-0.4, -0.2) is 36.3 Å². The van der Waals surface area contributed by atoms with Gasteiger partial charge in [-0.25, -0.2) is 0 Å². The average molecular weight is 171 g/mol. The zero-order valence-electron chi connectivity index (χ0n) is 6.70. The monoisotopic (exact) mass is 171 g/mol. The predicted octanol–water partition coefficient (Wildman–Crippen LogP) is -0.692. The highest BCUT2D eigenvalue weighted by Gasteiger charge is 2.30. The van der Waals surface area contributed by atoms with E-state index in [1.807, 2.05) is 0 Å². The second kappa shape index (κ2) is 3.34. The third-order valence-corrected chi connectivity index (χ3v) is 1.67. The lowest BCUT2D eigenvalue weighted by atomic mass is 10.4. The van der Waals surface area contributed by atoms with Gasteiger partial charge in [-0.05, 0) is 0 Å². The number of hydrogen-bond acceptors (Lipinski definition) is 4. The number of amides is 2. The minimum atomic E-state index is -0.571. The van der Waals surface area contributed by atoms with Crippen molar-refractivity contribution < 1.29 is 19.1 Å². The van der Waals surface area contributed by atoms with Crippen molar-refractivity contribution in [3.63, 3.8) is 0 Å². The molecule has 0 bridgehead atoms. The number of rotatable bonds is 2. The van der Waals surface area contributed by atoms with Gasteiger partial charge in [-0.3, -0.25) is 19.3 Å². The molecular weight excluding hydrogens is 162 g/mol. The molecule has 0 N–H and O–H groups in total. The fourth-order valence-electron chi connectivity index (χ4n) is 0.993. The first-order chi connectivity index (χ1) is 5.65. The van der Waals surface area contributed by atoms with Crippen LogP contribution in [0.25, 0.3) is 0 Å². The van der Waals surface area contributed by atoms with Crippen molar-refractivity contribution >= 4 is 17.8 Å². The topological polar surface area (TPSA) is 63.7 Å². The zero-order valence-corrected chi connectivity index (χ0v) is 6.70. The number of hydrogen-bond donors (Lipinski definition) is 0. The highest BCUT2D eigenvalue weighted by molar-refractivity contribution is 6.04. The smallest absolute Gasteiger partial charge is 0.325 e. The Morgan fingerprint density at radius 1 is 1.42 bits per heavy atom. The van der Waals surface area contributed by atoms with Gasteiger partial charge in [-0.2, -0.15) is 0 Å². The third-order valence-electron chi connectivity index (χ3n) is 1.67. The van der Waals surface area contributed by atoms with Crippen molar-refractivity contribution in [1.82, 2.24) is 4.90 Å². The van der Waals surface area contributed by atoms with Crippen LogP contribution < -0.4 is 0 Å². The van der Waals surface area contributed by atoms with Crippen LogP contribution in [0, 0.1) is 0 Å². The van der Waals surface area contributed by atoms with Gasteiger partial charge in [-0.1, -0.05) is 0 Å². The van der Waals surface area contributed by atoms with E-state index in [0.29, 0.717) is 0 Å². The van der Waals surface area contributed by atoms with E-state index in [1.54, 1.807) is 0 Å². The molecule has 1 fully saturated rings. The molecule has 1 saturated heterocycles. The molecule has 0 unspecified atom stereocenters. The molecule has 0 atom stereocenters. The van der Waals surface area contributed by atoms with Crippen molar-refractivity contribution in [2.75, 3.05) is 13.7 Å². The van der Waals surface area contributed by atoms with Crippen molar-refractivity contribution in [1.29, 1.82) is 0 Å². The highest BCUT2D eigenvalue weighted by Crippen LogP contribution is 2.10. The average Bonchev–Trinajstić information content (AvgIpc) is 2.35. The summed E-state index contributed by atoms with van der Waals surface area (Å²) in [5.41, 5.74) is 0. The number of carbonyl (C=O) groups excluding carboxylic acids is 3. The Bertz CT molecular complexity index is 220. The van der Waals surface area contributed by atoms with Crippen LogP contribution in [0.15, 0.2) is 0 Å². The van der Waals surface area contributed by atoms with E-state index in [0.717, 1.165) is 4.90 Å². The molecule has 5 heteroatoms. The van der Waals surface area contributed by atoms with Crippen molar-refractivity contribution in [3.8, 4) is 0 Å². The van der Waals surface area contributed by atoms with Gasteiger partial charge in [0.15, 0.2) is 0 Å². The Morgan fingerprint density at radius 2 is 1.92 bits per heavy atom.